The van der Waals surface area contributed by atoms with Crippen LogP contribution in [0.2, 0.25) is 9.36 Å². The highest BCUT2D eigenvalue weighted by Gasteiger charge is 2.54. The number of benzene rings is 1. The first-order valence-corrected chi connectivity index (χ1v) is 17.5. The van der Waals surface area contributed by atoms with Gasteiger partial charge in [0.2, 0.25) is 5.60 Å². The third-order valence-electron chi connectivity index (χ3n) is 7.79. The number of carboxylic acids is 1. The molecule has 1 aromatic carbocycles. The monoisotopic (exact) mass is 784 g/mol. The molecule has 2 aliphatic heterocycles. The van der Waals surface area contributed by atoms with Crippen molar-refractivity contribution >= 4 is 86.5 Å². The molecule has 2 aromatic heterocycles. The van der Waals surface area contributed by atoms with Crippen molar-refractivity contribution in [1.82, 2.24) is 41.1 Å². The van der Waals surface area contributed by atoms with Crippen molar-refractivity contribution in [3.8, 4) is 11.5 Å². The number of amides is 3. The fourth-order valence-electron chi connectivity index (χ4n) is 5.05. The number of anilines is 1. The van der Waals surface area contributed by atoms with E-state index in [-0.39, 0.29) is 38.1 Å². The van der Waals surface area contributed by atoms with Gasteiger partial charge in [-0.2, -0.15) is 0 Å². The lowest BCUT2D eigenvalue weighted by Gasteiger charge is -2.50. The molecular weight excluding hydrogens is 753 g/mol. The minimum absolute atomic E-state index is 0.00146. The normalized spacial score (nSPS) is 17.9. The smallest absolute Gasteiger partial charge is 0.350 e. The fraction of sp³-hybridized carbons (Fsp3) is 0.393. The standard InChI is InChI=1S/C28H31Cl2N11O8S2/c1-28(2,26(47)48)49-37-16(15-20(30)51-27(31)34-15)23(45)33-17-24(46)40-18(21-35-38-39-36-21)11(10-50-25(17)40)9-41(3,4)8-7-32-22(44)12-5-6-13(42)19(43)14(12)29/h5-6,17,25H,7-10H2,1-4H3,(H7-,31,32,33,34,35,36,37,38,39,42,43,44,45,47,48)/p+1/t17-,25-/m1/s1. The summed E-state index contributed by atoms with van der Waals surface area (Å²) < 4.78 is 0.357. The minimum atomic E-state index is -1.81. The SMILES string of the molecule is CC(C)(O/N=C(\C(=O)N[C@@H]1C(=O)N2C(c3nnn[nH]3)=C(C[N+](C)(C)CCNC(=O)c3ccc(O)c(O)c3Cl)CS[C@H]12)c1nc(N)sc1Cl)C(=O)O. The summed E-state index contributed by atoms with van der Waals surface area (Å²) >= 11 is 14.5. The van der Waals surface area contributed by atoms with Crippen LogP contribution in [0.3, 0.4) is 0 Å². The number of aromatic nitrogens is 5. The highest BCUT2D eigenvalue weighted by Crippen LogP contribution is 2.44. The summed E-state index contributed by atoms with van der Waals surface area (Å²) in [5.74, 6) is -3.65. The predicted molar refractivity (Wildman–Crippen MR) is 186 cm³/mol. The molecule has 0 bridgehead atoms. The minimum Gasteiger partial charge on any atom is -0.504 e. The van der Waals surface area contributed by atoms with Gasteiger partial charge in [0.05, 0.1) is 43.5 Å². The first-order chi connectivity index (χ1) is 23.9. The Kier molecular flexibility index (Phi) is 10.7. The molecule has 51 heavy (non-hydrogen) atoms. The zero-order valence-corrected chi connectivity index (χ0v) is 30.4. The summed E-state index contributed by atoms with van der Waals surface area (Å²) in [6.07, 6.45) is 0. The number of nitrogens with one attached hydrogen (secondary N) is 3. The summed E-state index contributed by atoms with van der Waals surface area (Å²) in [5.41, 5.74) is 4.59. The zero-order valence-electron chi connectivity index (χ0n) is 27.3. The predicted octanol–water partition coefficient (Wildman–Crippen LogP) is 0.858. The second kappa shape index (κ2) is 14.5. The number of nitrogens with two attached hydrogens (primary N) is 1. The average molecular weight is 786 g/mol. The van der Waals surface area contributed by atoms with Gasteiger partial charge < -0.3 is 41.0 Å². The molecule has 4 heterocycles. The molecule has 0 spiro atoms. The van der Waals surface area contributed by atoms with E-state index in [4.69, 9.17) is 33.8 Å². The lowest BCUT2D eigenvalue weighted by atomic mass is 10.0. The van der Waals surface area contributed by atoms with Crippen LogP contribution in [0.15, 0.2) is 22.9 Å². The van der Waals surface area contributed by atoms with Crippen LogP contribution in [0, 0.1) is 0 Å². The van der Waals surface area contributed by atoms with Crippen LogP contribution >= 0.6 is 46.3 Å². The van der Waals surface area contributed by atoms with E-state index in [1.165, 1.54) is 42.6 Å². The van der Waals surface area contributed by atoms with E-state index in [0.717, 1.165) is 16.9 Å². The fourth-order valence-corrected chi connectivity index (χ4v) is 7.56. The Bertz CT molecular complexity index is 1950. The number of carbonyl (C=O) groups excluding carboxylic acids is 3. The number of rotatable bonds is 13. The molecule has 0 unspecified atom stereocenters. The molecule has 23 heteroatoms. The maximum Gasteiger partial charge on any atom is 0.350 e. The molecule has 5 rings (SSSR count). The van der Waals surface area contributed by atoms with Gasteiger partial charge in [0, 0.05) is 11.3 Å². The molecule has 2 aliphatic rings. The molecule has 0 saturated carbocycles. The van der Waals surface area contributed by atoms with E-state index in [2.05, 4.69) is 41.4 Å². The number of tetrazole rings is 1. The number of likely N-dealkylation sites (N-methyl/N-ethyl adjacent to an activating group) is 1. The second-order valence-electron chi connectivity index (χ2n) is 12.5. The molecule has 19 nitrogen and oxygen atoms in total. The first-order valence-electron chi connectivity index (χ1n) is 14.9. The molecule has 1 saturated heterocycles. The van der Waals surface area contributed by atoms with Crippen LogP contribution in [0.25, 0.3) is 5.70 Å². The van der Waals surface area contributed by atoms with E-state index in [9.17, 15) is 34.5 Å². The Balaban J connectivity index is 1.32. The number of aliphatic carboxylic acids is 1. The van der Waals surface area contributed by atoms with Crippen LogP contribution < -0.4 is 16.4 Å². The summed E-state index contributed by atoms with van der Waals surface area (Å²) in [6.45, 7) is 3.53. The molecule has 272 valence electrons. The topological polar surface area (TPSA) is 271 Å². The summed E-state index contributed by atoms with van der Waals surface area (Å²) in [6, 6.07) is 1.43. The largest absolute Gasteiger partial charge is 0.504 e. The molecule has 2 atom stereocenters. The number of carboxylic acid groups (broad SMARTS) is 1. The quantitative estimate of drug-likeness (QED) is 0.0417. The van der Waals surface area contributed by atoms with E-state index in [1.54, 1.807) is 0 Å². The number of thioether (sulfide) groups is 1. The van der Waals surface area contributed by atoms with Gasteiger partial charge in [-0.3, -0.25) is 19.3 Å². The van der Waals surface area contributed by atoms with Crippen LogP contribution in [-0.4, -0.2) is 136 Å². The Morgan fingerprint density at radius 1 is 1.25 bits per heavy atom. The van der Waals surface area contributed by atoms with Crippen molar-refractivity contribution < 1.29 is 43.8 Å². The molecule has 1 fully saturated rings. The number of phenols is 2. The van der Waals surface area contributed by atoms with Crippen LogP contribution in [0.5, 0.6) is 11.5 Å². The average Bonchev–Trinajstić information content (AvgIpc) is 3.71. The van der Waals surface area contributed by atoms with Crippen LogP contribution in [0.1, 0.15) is 35.7 Å². The maximum absolute atomic E-state index is 13.7. The molecular formula is C28H32Cl2N11O8S2+. The third kappa shape index (κ3) is 7.81. The van der Waals surface area contributed by atoms with Crippen molar-refractivity contribution in [3.63, 3.8) is 0 Å². The highest BCUT2D eigenvalue weighted by atomic mass is 35.5. The number of oxime groups is 1. The maximum atomic E-state index is 13.7. The number of hydrogen-bond donors (Lipinski definition) is 7. The zero-order chi connectivity index (χ0) is 37.4. The lowest BCUT2D eigenvalue weighted by Crippen LogP contribution is -2.70. The van der Waals surface area contributed by atoms with Crippen molar-refractivity contribution in [3.05, 3.63) is 44.1 Å². The number of hydrogen-bond acceptors (Lipinski definition) is 15. The van der Waals surface area contributed by atoms with Gasteiger partial charge in [-0.05, 0) is 36.4 Å². The number of phenolic OH excluding ortho intramolecular Hbond substituents is 2. The van der Waals surface area contributed by atoms with E-state index < -0.39 is 57.9 Å². The number of nitrogens with zero attached hydrogens (tertiary/aromatic N) is 7. The molecule has 0 radical (unpaired) electrons. The van der Waals surface area contributed by atoms with E-state index >= 15 is 0 Å². The Hall–Kier alpha value is -4.70. The number of fused-ring (bicyclic) bond motifs is 1. The Morgan fingerprint density at radius 3 is 2.61 bits per heavy atom. The Morgan fingerprint density at radius 2 is 1.98 bits per heavy atom. The molecule has 8 N–H and O–H groups in total. The third-order valence-corrected chi connectivity index (χ3v) is 10.6. The number of aromatic amines is 1. The summed E-state index contributed by atoms with van der Waals surface area (Å²) in [4.78, 5) is 62.3. The molecule has 0 aliphatic carbocycles. The second-order valence-corrected chi connectivity index (χ2v) is 15.6. The number of quaternary nitrogens is 1. The molecule has 3 aromatic rings. The first kappa shape index (κ1) is 37.6. The van der Waals surface area contributed by atoms with Gasteiger partial charge in [0.15, 0.2) is 28.2 Å². The van der Waals surface area contributed by atoms with Gasteiger partial charge in [0.1, 0.15) is 28.0 Å². The van der Waals surface area contributed by atoms with Gasteiger partial charge in [-0.1, -0.05) is 39.7 Å². The number of H-pyrrole nitrogens is 1. The van der Waals surface area contributed by atoms with E-state index in [1.807, 2.05) is 14.1 Å². The van der Waals surface area contributed by atoms with E-state index in [0.29, 0.717) is 29.0 Å². The summed E-state index contributed by atoms with van der Waals surface area (Å²) in [7, 11) is 3.86. The number of β-lactam (4-membered cyclic amide) rings is 1. The van der Waals surface area contributed by atoms with Crippen LogP contribution in [-0.2, 0) is 19.2 Å². The van der Waals surface area contributed by atoms with Gasteiger partial charge in [0.25, 0.3) is 17.7 Å². The van der Waals surface area contributed by atoms with Crippen molar-refractivity contribution in [2.75, 3.05) is 45.2 Å². The number of halogens is 2. The molecule has 3 amide bonds. The number of carbonyl (C=O) groups is 4. The van der Waals surface area contributed by atoms with Gasteiger partial charge in [-0.25, -0.2) is 14.9 Å². The lowest BCUT2D eigenvalue weighted by molar-refractivity contribution is -0.884. The van der Waals surface area contributed by atoms with Crippen LogP contribution in [0.4, 0.5) is 5.13 Å². The summed E-state index contributed by atoms with van der Waals surface area (Å²) in [5, 5.41) is 51.4. The van der Waals surface area contributed by atoms with Crippen molar-refractivity contribution in [2.24, 2.45) is 5.16 Å². The van der Waals surface area contributed by atoms with Gasteiger partial charge in [-0.15, -0.1) is 16.9 Å². The van der Waals surface area contributed by atoms with Crippen molar-refractivity contribution in [2.45, 2.75) is 30.9 Å². The van der Waals surface area contributed by atoms with Gasteiger partial charge >= 0.3 is 5.97 Å². The number of aromatic hydroxyl groups is 2. The highest BCUT2D eigenvalue weighted by molar-refractivity contribution is 8.00. The Labute approximate surface area is 307 Å². The number of thiazole rings is 1. The van der Waals surface area contributed by atoms with Crippen molar-refractivity contribution in [1.29, 1.82) is 0 Å². The number of nitrogen functional groups attached to an aromatic ring is 1.